The maximum Gasteiger partial charge on any atom is 0.135 e. The quantitative estimate of drug-likeness (QED) is 0.214. The van der Waals surface area contributed by atoms with Crippen molar-refractivity contribution in [1.82, 2.24) is 39.3 Å². The summed E-state index contributed by atoms with van der Waals surface area (Å²) in [5.41, 5.74) is 11.1. The van der Waals surface area contributed by atoms with Gasteiger partial charge in [-0.3, -0.25) is 9.97 Å². The summed E-state index contributed by atoms with van der Waals surface area (Å²) in [6, 6.07) is 31.2. The molecule has 3 aromatic carbocycles. The van der Waals surface area contributed by atoms with Crippen LogP contribution in [0, 0.1) is 0 Å². The highest BCUT2D eigenvalue weighted by Crippen LogP contribution is 2.48. The van der Waals surface area contributed by atoms with Gasteiger partial charge in [0.25, 0.3) is 0 Å². The average molecular weight is 620 g/mol. The van der Waals surface area contributed by atoms with E-state index in [4.69, 9.17) is 15.1 Å². The van der Waals surface area contributed by atoms with Crippen LogP contribution in [0.2, 0.25) is 0 Å². The van der Waals surface area contributed by atoms with E-state index in [0.717, 1.165) is 83.7 Å². The van der Waals surface area contributed by atoms with Crippen LogP contribution >= 0.6 is 0 Å². The SMILES string of the molecule is c1cnnc(-c2c(-c3cnccn3)cc3c(c(-c4[nH]cc5ccccc45)nn3C3=Nc4ccccc4C3)c2-c2ccn3ccccc23)c1. The van der Waals surface area contributed by atoms with Gasteiger partial charge in [-0.05, 0) is 53.4 Å². The third-order valence-electron chi connectivity index (χ3n) is 9.15. The lowest BCUT2D eigenvalue weighted by Crippen LogP contribution is -2.13. The van der Waals surface area contributed by atoms with Crippen molar-refractivity contribution >= 4 is 38.7 Å². The molecule has 9 aromatic rings. The van der Waals surface area contributed by atoms with Gasteiger partial charge in [-0.25, -0.2) is 9.67 Å². The lowest BCUT2D eigenvalue weighted by molar-refractivity contribution is 0.950. The molecule has 0 amide bonds. The summed E-state index contributed by atoms with van der Waals surface area (Å²) in [6.07, 6.45) is 13.8. The fourth-order valence-electron chi connectivity index (χ4n) is 7.04. The fourth-order valence-corrected chi connectivity index (χ4v) is 7.04. The number of nitrogens with one attached hydrogen (secondary N) is 1. The van der Waals surface area contributed by atoms with E-state index in [9.17, 15) is 0 Å². The molecular weight excluding hydrogens is 594 g/mol. The van der Waals surface area contributed by atoms with Crippen molar-refractivity contribution in [3.05, 3.63) is 140 Å². The number of pyridine rings is 1. The number of aromatic amines is 1. The zero-order valence-electron chi connectivity index (χ0n) is 25.5. The van der Waals surface area contributed by atoms with E-state index in [0.29, 0.717) is 6.42 Å². The number of rotatable bonds is 4. The Kier molecular flexibility index (Phi) is 5.73. The second kappa shape index (κ2) is 10.4. The van der Waals surface area contributed by atoms with Gasteiger partial charge >= 0.3 is 0 Å². The van der Waals surface area contributed by atoms with E-state index < -0.39 is 0 Å². The fraction of sp³-hybridized carbons (Fsp3) is 0.0256. The van der Waals surface area contributed by atoms with Crippen LogP contribution in [0.3, 0.4) is 0 Å². The zero-order chi connectivity index (χ0) is 31.6. The predicted molar refractivity (Wildman–Crippen MR) is 188 cm³/mol. The van der Waals surface area contributed by atoms with Crippen molar-refractivity contribution in [2.24, 2.45) is 4.99 Å². The van der Waals surface area contributed by atoms with Crippen molar-refractivity contribution in [3.63, 3.8) is 0 Å². The van der Waals surface area contributed by atoms with Crippen molar-refractivity contribution in [2.45, 2.75) is 6.42 Å². The van der Waals surface area contributed by atoms with Gasteiger partial charge < -0.3 is 9.38 Å². The lowest BCUT2D eigenvalue weighted by Gasteiger charge is -2.17. The minimum atomic E-state index is 0.661. The Labute approximate surface area is 273 Å². The molecule has 48 heavy (non-hydrogen) atoms. The Morgan fingerprint density at radius 1 is 0.729 bits per heavy atom. The number of para-hydroxylation sites is 1. The molecule has 10 rings (SSSR count). The highest BCUT2D eigenvalue weighted by atomic mass is 15.3. The van der Waals surface area contributed by atoms with Gasteiger partial charge in [0.15, 0.2) is 0 Å². The normalized spacial score (nSPS) is 12.6. The number of benzene rings is 3. The third kappa shape index (κ3) is 3.97. The van der Waals surface area contributed by atoms with Gasteiger partial charge in [0.1, 0.15) is 11.5 Å². The predicted octanol–water partition coefficient (Wildman–Crippen LogP) is 8.15. The molecule has 0 spiro atoms. The van der Waals surface area contributed by atoms with Gasteiger partial charge in [-0.1, -0.05) is 48.5 Å². The first-order valence-electron chi connectivity index (χ1n) is 15.7. The van der Waals surface area contributed by atoms with Gasteiger partial charge in [-0.2, -0.15) is 15.3 Å². The van der Waals surface area contributed by atoms with Crippen molar-refractivity contribution < 1.29 is 0 Å². The average Bonchev–Trinajstić information content (AvgIpc) is 3.95. The maximum absolute atomic E-state index is 5.44. The summed E-state index contributed by atoms with van der Waals surface area (Å²) in [5.74, 6) is 0.855. The molecule has 0 atom stereocenters. The van der Waals surface area contributed by atoms with Crippen LogP contribution in [-0.4, -0.2) is 45.2 Å². The topological polar surface area (TPSA) is 102 Å². The molecule has 1 aliphatic heterocycles. The summed E-state index contributed by atoms with van der Waals surface area (Å²) >= 11 is 0. The lowest BCUT2D eigenvalue weighted by atomic mass is 9.87. The maximum atomic E-state index is 5.44. The molecule has 6 aromatic heterocycles. The van der Waals surface area contributed by atoms with Crippen LogP contribution < -0.4 is 0 Å². The van der Waals surface area contributed by atoms with E-state index in [-0.39, 0.29) is 0 Å². The molecule has 1 N–H and O–H groups in total. The van der Waals surface area contributed by atoms with Crippen molar-refractivity contribution in [3.8, 4) is 45.0 Å². The molecule has 0 fully saturated rings. The van der Waals surface area contributed by atoms with Gasteiger partial charge in [0.05, 0.1) is 40.0 Å². The number of aromatic nitrogens is 8. The first kappa shape index (κ1) is 26.5. The second-order valence-corrected chi connectivity index (χ2v) is 11.8. The molecule has 1 aliphatic rings. The van der Waals surface area contributed by atoms with Crippen LogP contribution in [-0.2, 0) is 6.42 Å². The minimum Gasteiger partial charge on any atom is -0.359 e. The van der Waals surface area contributed by atoms with Gasteiger partial charge in [-0.15, -0.1) is 0 Å². The zero-order valence-corrected chi connectivity index (χ0v) is 25.5. The second-order valence-electron chi connectivity index (χ2n) is 11.8. The molecule has 0 bridgehead atoms. The highest BCUT2D eigenvalue weighted by molar-refractivity contribution is 6.18. The van der Waals surface area contributed by atoms with E-state index in [1.54, 1.807) is 24.8 Å². The van der Waals surface area contributed by atoms with E-state index in [1.807, 2.05) is 35.1 Å². The first-order chi connectivity index (χ1) is 23.8. The number of hydrogen-bond acceptors (Lipinski definition) is 6. The monoisotopic (exact) mass is 619 g/mol. The molecule has 0 radical (unpaired) electrons. The largest absolute Gasteiger partial charge is 0.359 e. The van der Waals surface area contributed by atoms with Crippen LogP contribution in [0.25, 0.3) is 72.2 Å². The van der Waals surface area contributed by atoms with Gasteiger partial charge in [0.2, 0.25) is 0 Å². The first-order valence-corrected chi connectivity index (χ1v) is 15.7. The number of aliphatic imine (C=N–C) groups is 1. The molecule has 7 heterocycles. The van der Waals surface area contributed by atoms with E-state index in [2.05, 4.69) is 104 Å². The number of fused-ring (bicyclic) bond motifs is 4. The van der Waals surface area contributed by atoms with Crippen LogP contribution in [0.15, 0.2) is 139 Å². The van der Waals surface area contributed by atoms with Gasteiger partial charge in [0, 0.05) is 76.6 Å². The molecule has 0 unspecified atom stereocenters. The summed E-state index contributed by atoms with van der Waals surface area (Å²) in [4.78, 5) is 18.0. The van der Waals surface area contributed by atoms with Crippen LogP contribution in [0.1, 0.15) is 5.56 Å². The number of hydrogen-bond donors (Lipinski definition) is 1. The molecule has 0 aliphatic carbocycles. The van der Waals surface area contributed by atoms with E-state index in [1.165, 1.54) is 5.56 Å². The molecular formula is C39H25N9. The summed E-state index contributed by atoms with van der Waals surface area (Å²) in [7, 11) is 0. The minimum absolute atomic E-state index is 0.661. The molecule has 9 nitrogen and oxygen atoms in total. The van der Waals surface area contributed by atoms with E-state index >= 15 is 0 Å². The van der Waals surface area contributed by atoms with Crippen LogP contribution in [0.4, 0.5) is 5.69 Å². The molecule has 9 heteroatoms. The summed E-state index contributed by atoms with van der Waals surface area (Å²) in [6.45, 7) is 0. The molecule has 226 valence electrons. The molecule has 0 saturated heterocycles. The summed E-state index contributed by atoms with van der Waals surface area (Å²) < 4.78 is 4.16. The van der Waals surface area contributed by atoms with Crippen molar-refractivity contribution in [2.75, 3.05) is 0 Å². The smallest absolute Gasteiger partial charge is 0.135 e. The number of nitrogens with zero attached hydrogens (tertiary/aromatic N) is 8. The summed E-state index contributed by atoms with van der Waals surface area (Å²) in [5, 5.41) is 17.6. The number of H-pyrrole nitrogens is 1. The Bertz CT molecular complexity index is 2700. The Morgan fingerprint density at radius 3 is 2.54 bits per heavy atom. The van der Waals surface area contributed by atoms with Crippen molar-refractivity contribution in [1.29, 1.82) is 0 Å². The molecule has 0 saturated carbocycles. The van der Waals surface area contributed by atoms with Crippen LogP contribution in [0.5, 0.6) is 0 Å². The standard InChI is InChI=1S/C39H25N9/c1-3-10-26-25(9-1)22-42-38(26)39-37-33(48(46-39)34-20-24-8-2-4-11-29(24)44-34)21-28(31-23-40-16-17-41-31)35(30-12-7-15-43-45-30)36(37)27-14-19-47-18-6-5-13-32(27)47/h1-19,21-23,42H,20H2. The Morgan fingerprint density at radius 2 is 1.65 bits per heavy atom. The Hall–Kier alpha value is -6.74. The highest BCUT2D eigenvalue weighted by Gasteiger charge is 2.30. The third-order valence-corrected chi connectivity index (χ3v) is 9.15. The Balaban J connectivity index is 1.42.